The number of Topliss-reactive ketones (excluding diaryl/α,β-unsaturated/α-hetero) is 1. The summed E-state index contributed by atoms with van der Waals surface area (Å²) >= 11 is 2.36. The van der Waals surface area contributed by atoms with Crippen molar-refractivity contribution in [2.45, 2.75) is 14.9 Å². The van der Waals surface area contributed by atoms with Crippen LogP contribution >= 0.6 is 23.5 Å². The Labute approximate surface area is 170 Å². The molecule has 0 aliphatic rings. The molecule has 0 saturated carbocycles. The van der Waals surface area contributed by atoms with Crippen molar-refractivity contribution in [2.24, 2.45) is 0 Å². The van der Waals surface area contributed by atoms with Crippen molar-refractivity contribution >= 4 is 40.9 Å². The first-order valence-corrected chi connectivity index (χ1v) is 9.88. The molecule has 4 heterocycles. The summed E-state index contributed by atoms with van der Waals surface area (Å²) in [5.74, 6) is 12.1. The summed E-state index contributed by atoms with van der Waals surface area (Å²) in [5, 5.41) is 25.3. The first-order chi connectivity index (χ1) is 14.1. The highest BCUT2D eigenvalue weighted by atomic mass is 32.2. The lowest BCUT2D eigenvalue weighted by Crippen LogP contribution is -2.15. The SMILES string of the molecule is Nn1cnn2c(SC(Sc3nnc4n(N)cnn34)C(=O)c3ccccc3)nnc12. The van der Waals surface area contributed by atoms with Gasteiger partial charge in [0.2, 0.25) is 10.3 Å². The molecule has 5 rings (SSSR count). The largest absolute Gasteiger partial charge is 0.335 e. The molecular formula is C14H12N12OS2. The maximum absolute atomic E-state index is 13.2. The maximum atomic E-state index is 13.2. The van der Waals surface area contributed by atoms with Gasteiger partial charge in [0, 0.05) is 5.56 Å². The lowest BCUT2D eigenvalue weighted by Gasteiger charge is -2.12. The number of thioether (sulfide) groups is 2. The molecule has 0 atom stereocenters. The number of carbonyl (C=O) groups excluding carboxylic acids is 1. The molecule has 0 spiro atoms. The summed E-state index contributed by atoms with van der Waals surface area (Å²) in [4.78, 5) is 13.2. The smallest absolute Gasteiger partial charge is 0.273 e. The highest BCUT2D eigenvalue weighted by molar-refractivity contribution is 8.18. The minimum absolute atomic E-state index is 0.131. The molecule has 0 aliphatic heterocycles. The summed E-state index contributed by atoms with van der Waals surface area (Å²) in [5.41, 5.74) is 0.549. The van der Waals surface area contributed by atoms with E-state index < -0.39 is 4.58 Å². The van der Waals surface area contributed by atoms with Gasteiger partial charge in [0.15, 0.2) is 5.78 Å². The molecule has 4 N–H and O–H groups in total. The van der Waals surface area contributed by atoms with Crippen LogP contribution in [0.3, 0.4) is 0 Å². The molecule has 1 aromatic carbocycles. The van der Waals surface area contributed by atoms with Gasteiger partial charge in [0.1, 0.15) is 17.2 Å². The second-order valence-corrected chi connectivity index (χ2v) is 8.21. The van der Waals surface area contributed by atoms with E-state index in [1.807, 2.05) is 6.07 Å². The van der Waals surface area contributed by atoms with E-state index in [0.29, 0.717) is 27.4 Å². The molecule has 0 unspecified atom stereocenters. The van der Waals surface area contributed by atoms with Crippen molar-refractivity contribution < 1.29 is 4.79 Å². The number of nitrogens with two attached hydrogens (primary N) is 2. The fraction of sp³-hybridized carbons (Fsp3) is 0.0714. The maximum Gasteiger partial charge on any atom is 0.273 e. The normalized spacial score (nSPS) is 11.8. The van der Waals surface area contributed by atoms with Crippen LogP contribution in [0, 0.1) is 0 Å². The highest BCUT2D eigenvalue weighted by Crippen LogP contribution is 2.36. The van der Waals surface area contributed by atoms with Crippen molar-refractivity contribution in [3.8, 4) is 0 Å². The highest BCUT2D eigenvalue weighted by Gasteiger charge is 2.28. The van der Waals surface area contributed by atoms with E-state index in [2.05, 4.69) is 30.6 Å². The number of rotatable bonds is 6. The fourth-order valence-electron chi connectivity index (χ4n) is 2.57. The minimum Gasteiger partial charge on any atom is -0.335 e. The minimum atomic E-state index is -0.664. The van der Waals surface area contributed by atoms with Gasteiger partial charge >= 0.3 is 0 Å². The van der Waals surface area contributed by atoms with Crippen LogP contribution in [0.4, 0.5) is 0 Å². The van der Waals surface area contributed by atoms with Gasteiger partial charge < -0.3 is 11.7 Å². The van der Waals surface area contributed by atoms with Crippen LogP contribution in [-0.4, -0.2) is 59.3 Å². The monoisotopic (exact) mass is 428 g/mol. The van der Waals surface area contributed by atoms with Gasteiger partial charge in [-0.25, -0.2) is 9.35 Å². The van der Waals surface area contributed by atoms with Crippen molar-refractivity contribution in [3.63, 3.8) is 0 Å². The summed E-state index contributed by atoms with van der Waals surface area (Å²) in [6.07, 6.45) is 2.82. The Balaban J connectivity index is 1.52. The van der Waals surface area contributed by atoms with Gasteiger partial charge in [0.25, 0.3) is 11.6 Å². The quantitative estimate of drug-likeness (QED) is 0.158. The van der Waals surface area contributed by atoms with E-state index in [0.717, 1.165) is 0 Å². The number of carbonyl (C=O) groups is 1. The number of nitrogens with zero attached hydrogens (tertiary/aromatic N) is 10. The first kappa shape index (κ1) is 17.5. The Morgan fingerprint density at radius 1 is 0.828 bits per heavy atom. The molecule has 4 aromatic heterocycles. The van der Waals surface area contributed by atoms with E-state index in [1.165, 1.54) is 54.6 Å². The van der Waals surface area contributed by atoms with E-state index in [9.17, 15) is 4.79 Å². The zero-order valence-corrected chi connectivity index (χ0v) is 16.1. The molecule has 0 amide bonds. The Hall–Kier alpha value is -3.59. The number of benzene rings is 1. The van der Waals surface area contributed by atoms with E-state index >= 15 is 0 Å². The second-order valence-electron chi connectivity index (χ2n) is 5.76. The van der Waals surface area contributed by atoms with Crippen LogP contribution in [0.2, 0.25) is 0 Å². The third-order valence-corrected chi connectivity index (χ3v) is 6.30. The topological polar surface area (TPSA) is 165 Å². The average Bonchev–Trinajstić information content (AvgIpc) is 3.49. The van der Waals surface area contributed by atoms with E-state index in [-0.39, 0.29) is 5.78 Å². The molecule has 0 fully saturated rings. The number of ketones is 1. The van der Waals surface area contributed by atoms with Crippen LogP contribution in [-0.2, 0) is 0 Å². The standard InChI is InChI=1S/C14H12N12OS2/c15-23-6-17-25-11(23)19-21-13(25)28-10(9(27)8-4-2-1-3-5-8)29-14-22-20-12-24(16)7-18-26(12)14/h1-7,10H,15-16H2. The van der Waals surface area contributed by atoms with Crippen LogP contribution in [0.5, 0.6) is 0 Å². The fourth-order valence-corrected chi connectivity index (χ4v) is 4.78. The predicted molar refractivity (Wildman–Crippen MR) is 104 cm³/mol. The summed E-state index contributed by atoms with van der Waals surface area (Å²) in [6, 6.07) is 8.95. The number of aromatic nitrogens is 10. The van der Waals surface area contributed by atoms with Crippen LogP contribution < -0.4 is 11.7 Å². The van der Waals surface area contributed by atoms with E-state index in [1.54, 1.807) is 24.3 Å². The Bertz CT molecular complexity index is 1240. The average molecular weight is 428 g/mol. The molecule has 0 bridgehead atoms. The van der Waals surface area contributed by atoms with Gasteiger partial charge in [0.05, 0.1) is 0 Å². The number of hydrogen-bond acceptors (Lipinski definition) is 11. The molecule has 29 heavy (non-hydrogen) atoms. The summed E-state index contributed by atoms with van der Waals surface area (Å²) < 4.78 is 4.75. The molecule has 13 nitrogen and oxygen atoms in total. The van der Waals surface area contributed by atoms with Crippen molar-refractivity contribution in [3.05, 3.63) is 48.5 Å². The van der Waals surface area contributed by atoms with Crippen LogP contribution in [0.25, 0.3) is 11.6 Å². The van der Waals surface area contributed by atoms with Crippen LogP contribution in [0.15, 0.2) is 53.3 Å². The molecule has 15 heteroatoms. The van der Waals surface area contributed by atoms with Gasteiger partial charge in [-0.15, -0.1) is 20.4 Å². The van der Waals surface area contributed by atoms with Gasteiger partial charge in [-0.1, -0.05) is 53.9 Å². The van der Waals surface area contributed by atoms with Gasteiger partial charge in [-0.2, -0.15) is 19.2 Å². The Kier molecular flexibility index (Phi) is 4.09. The molecule has 146 valence electrons. The second kappa shape index (κ2) is 6.78. The number of fused-ring (bicyclic) bond motifs is 2. The van der Waals surface area contributed by atoms with E-state index in [4.69, 9.17) is 11.7 Å². The van der Waals surface area contributed by atoms with Crippen molar-refractivity contribution in [1.82, 2.24) is 49.0 Å². The molecule has 5 aromatic rings. The van der Waals surface area contributed by atoms with Crippen LogP contribution in [0.1, 0.15) is 10.4 Å². The summed E-state index contributed by atoms with van der Waals surface area (Å²) in [6.45, 7) is 0. The van der Waals surface area contributed by atoms with Crippen molar-refractivity contribution in [1.29, 1.82) is 0 Å². The lowest BCUT2D eigenvalue weighted by atomic mass is 10.1. The summed E-state index contributed by atoms with van der Waals surface area (Å²) in [7, 11) is 0. The Morgan fingerprint density at radius 2 is 1.34 bits per heavy atom. The molecule has 0 aliphatic carbocycles. The van der Waals surface area contributed by atoms with Crippen molar-refractivity contribution in [2.75, 3.05) is 11.7 Å². The Morgan fingerprint density at radius 3 is 1.86 bits per heavy atom. The zero-order valence-electron chi connectivity index (χ0n) is 14.5. The third kappa shape index (κ3) is 2.95. The number of nitrogen functional groups attached to an aromatic ring is 2. The zero-order chi connectivity index (χ0) is 20.0. The molecule has 0 saturated heterocycles. The molecular weight excluding hydrogens is 416 g/mol. The van der Waals surface area contributed by atoms with Gasteiger partial charge in [-0.3, -0.25) is 4.79 Å². The predicted octanol–water partition coefficient (Wildman–Crippen LogP) is -0.314. The van der Waals surface area contributed by atoms with Gasteiger partial charge in [-0.05, 0) is 0 Å². The third-order valence-electron chi connectivity index (χ3n) is 3.93. The number of hydrogen-bond donors (Lipinski definition) is 2. The molecule has 0 radical (unpaired) electrons. The lowest BCUT2D eigenvalue weighted by molar-refractivity contribution is 0.101. The first-order valence-electron chi connectivity index (χ1n) is 8.12.